The van der Waals surface area contributed by atoms with E-state index in [1.54, 1.807) is 6.20 Å². The Labute approximate surface area is 134 Å². The number of rotatable bonds is 7. The number of aryl methyl sites for hydroxylation is 1. The molecule has 5 nitrogen and oxygen atoms in total. The number of amides is 1. The number of aliphatic hydroxyl groups is 1. The summed E-state index contributed by atoms with van der Waals surface area (Å²) in [7, 11) is 0. The van der Waals surface area contributed by atoms with Gasteiger partial charge in [0.15, 0.2) is 0 Å². The molecule has 2 aromatic rings. The number of nitrogens with one attached hydrogen (secondary N) is 1. The Morgan fingerprint density at radius 1 is 1.59 bits per heavy atom. The van der Waals surface area contributed by atoms with Crippen LogP contribution in [0.2, 0.25) is 0 Å². The molecule has 2 heterocycles. The first kappa shape index (κ1) is 15.2. The van der Waals surface area contributed by atoms with E-state index in [9.17, 15) is 9.90 Å². The molecule has 6 heteroatoms. The summed E-state index contributed by atoms with van der Waals surface area (Å²) in [6.07, 6.45) is 4.26. The fourth-order valence-corrected chi connectivity index (χ4v) is 3.32. The Bertz CT molecular complexity index is 632. The maximum absolute atomic E-state index is 12.4. The summed E-state index contributed by atoms with van der Waals surface area (Å²) in [4.78, 5) is 12.4. The molecule has 1 fully saturated rings. The second-order valence-electron chi connectivity index (χ2n) is 5.72. The smallest absolute Gasteiger partial charge is 0.254 e. The molecule has 0 saturated heterocycles. The minimum absolute atomic E-state index is 0.140. The van der Waals surface area contributed by atoms with Gasteiger partial charge in [-0.25, -0.2) is 0 Å². The van der Waals surface area contributed by atoms with Crippen molar-refractivity contribution in [1.29, 1.82) is 0 Å². The number of carbonyl (C=O) groups excluding carboxylic acids is 1. The van der Waals surface area contributed by atoms with Gasteiger partial charge in [-0.05, 0) is 41.7 Å². The van der Waals surface area contributed by atoms with Crippen LogP contribution >= 0.6 is 11.3 Å². The van der Waals surface area contributed by atoms with Gasteiger partial charge >= 0.3 is 0 Å². The van der Waals surface area contributed by atoms with E-state index in [-0.39, 0.29) is 12.5 Å². The third kappa shape index (κ3) is 3.23. The van der Waals surface area contributed by atoms with Crippen molar-refractivity contribution in [2.75, 3.05) is 6.54 Å². The molecule has 0 aliphatic heterocycles. The summed E-state index contributed by atoms with van der Waals surface area (Å²) in [6, 6.07) is 1.87. The Balaban J connectivity index is 1.67. The van der Waals surface area contributed by atoms with Gasteiger partial charge in [-0.3, -0.25) is 9.48 Å². The molecular formula is C16H21N3O2S. The number of thiophene rings is 1. The molecule has 2 N–H and O–H groups in total. The highest BCUT2D eigenvalue weighted by atomic mass is 32.1. The van der Waals surface area contributed by atoms with Crippen LogP contribution in [0.25, 0.3) is 0 Å². The van der Waals surface area contributed by atoms with Crippen molar-refractivity contribution < 1.29 is 9.90 Å². The van der Waals surface area contributed by atoms with E-state index in [0.29, 0.717) is 11.5 Å². The fourth-order valence-electron chi connectivity index (χ4n) is 2.61. The zero-order chi connectivity index (χ0) is 15.5. The predicted molar refractivity (Wildman–Crippen MR) is 86.1 cm³/mol. The molecule has 3 rings (SSSR count). The summed E-state index contributed by atoms with van der Waals surface area (Å²) in [5, 5.41) is 21.1. The molecule has 2 aromatic heterocycles. The first-order valence-electron chi connectivity index (χ1n) is 7.74. The topological polar surface area (TPSA) is 67.2 Å². The number of aliphatic hydroxyl groups excluding tert-OH is 1. The van der Waals surface area contributed by atoms with Crippen molar-refractivity contribution in [2.24, 2.45) is 0 Å². The van der Waals surface area contributed by atoms with Gasteiger partial charge in [-0.1, -0.05) is 6.92 Å². The molecule has 1 aliphatic carbocycles. The third-order valence-electron chi connectivity index (χ3n) is 3.91. The van der Waals surface area contributed by atoms with Crippen molar-refractivity contribution in [2.45, 2.75) is 44.8 Å². The summed E-state index contributed by atoms with van der Waals surface area (Å²) < 4.78 is 1.96. The highest BCUT2D eigenvalue weighted by Crippen LogP contribution is 2.41. The molecule has 0 bridgehead atoms. The average molecular weight is 319 g/mol. The van der Waals surface area contributed by atoms with Crippen LogP contribution in [-0.2, 0) is 6.54 Å². The van der Waals surface area contributed by atoms with E-state index < -0.39 is 6.10 Å². The van der Waals surface area contributed by atoms with E-state index >= 15 is 0 Å². The summed E-state index contributed by atoms with van der Waals surface area (Å²) >= 11 is 1.54. The minimum atomic E-state index is -0.662. The minimum Gasteiger partial charge on any atom is -0.387 e. The predicted octanol–water partition coefficient (Wildman–Crippen LogP) is 2.70. The van der Waals surface area contributed by atoms with Crippen molar-refractivity contribution >= 4 is 17.2 Å². The van der Waals surface area contributed by atoms with Gasteiger partial charge in [-0.15, -0.1) is 0 Å². The lowest BCUT2D eigenvalue weighted by Crippen LogP contribution is -2.28. The summed E-state index contributed by atoms with van der Waals surface area (Å²) in [6.45, 7) is 3.17. The highest BCUT2D eigenvalue weighted by Gasteiger charge is 2.32. The van der Waals surface area contributed by atoms with Gasteiger partial charge in [0.2, 0.25) is 0 Å². The second-order valence-corrected chi connectivity index (χ2v) is 6.50. The Morgan fingerprint density at radius 3 is 3.05 bits per heavy atom. The quantitative estimate of drug-likeness (QED) is 0.824. The van der Waals surface area contributed by atoms with Crippen LogP contribution < -0.4 is 5.32 Å². The van der Waals surface area contributed by atoms with Crippen molar-refractivity contribution in [1.82, 2.24) is 15.1 Å². The monoisotopic (exact) mass is 319 g/mol. The van der Waals surface area contributed by atoms with Gasteiger partial charge in [-0.2, -0.15) is 16.4 Å². The SMILES string of the molecule is CCCn1ncc(C(=O)NCC(O)c2ccsc2)c1C1CC1. The van der Waals surface area contributed by atoms with Crippen LogP contribution in [0.15, 0.2) is 23.0 Å². The molecule has 1 saturated carbocycles. The molecule has 1 amide bonds. The van der Waals surface area contributed by atoms with Crippen LogP contribution in [0.1, 0.15) is 59.8 Å². The number of hydrogen-bond acceptors (Lipinski definition) is 4. The molecule has 1 unspecified atom stereocenters. The largest absolute Gasteiger partial charge is 0.387 e. The molecule has 1 atom stereocenters. The molecular weight excluding hydrogens is 298 g/mol. The van der Waals surface area contributed by atoms with Gasteiger partial charge in [0.05, 0.1) is 23.6 Å². The number of aromatic nitrogens is 2. The fraction of sp³-hybridized carbons (Fsp3) is 0.500. The average Bonchev–Trinajstić information content (AvgIpc) is 3.04. The number of carbonyl (C=O) groups is 1. The Hall–Kier alpha value is -1.66. The lowest BCUT2D eigenvalue weighted by atomic mass is 10.1. The molecule has 0 aromatic carbocycles. The lowest BCUT2D eigenvalue weighted by Gasteiger charge is -2.11. The van der Waals surface area contributed by atoms with Gasteiger partial charge in [0.25, 0.3) is 5.91 Å². The number of hydrogen-bond donors (Lipinski definition) is 2. The van der Waals surface area contributed by atoms with Crippen LogP contribution in [0.4, 0.5) is 0 Å². The normalized spacial score (nSPS) is 15.7. The first-order valence-corrected chi connectivity index (χ1v) is 8.69. The molecule has 1 aliphatic rings. The molecule has 22 heavy (non-hydrogen) atoms. The van der Waals surface area contributed by atoms with E-state index in [2.05, 4.69) is 17.3 Å². The summed E-state index contributed by atoms with van der Waals surface area (Å²) in [5.74, 6) is 0.329. The summed E-state index contributed by atoms with van der Waals surface area (Å²) in [5.41, 5.74) is 2.56. The zero-order valence-electron chi connectivity index (χ0n) is 12.7. The molecule has 0 spiro atoms. The van der Waals surface area contributed by atoms with Gasteiger partial charge in [0, 0.05) is 19.0 Å². The van der Waals surface area contributed by atoms with Crippen molar-refractivity contribution in [3.8, 4) is 0 Å². The van der Waals surface area contributed by atoms with E-state index in [1.165, 1.54) is 11.3 Å². The maximum Gasteiger partial charge on any atom is 0.254 e. The van der Waals surface area contributed by atoms with Gasteiger partial charge in [0.1, 0.15) is 0 Å². The zero-order valence-corrected chi connectivity index (χ0v) is 13.5. The first-order chi connectivity index (χ1) is 10.7. The van der Waals surface area contributed by atoms with Crippen LogP contribution in [0.3, 0.4) is 0 Å². The van der Waals surface area contributed by atoms with Crippen molar-refractivity contribution in [3.05, 3.63) is 39.8 Å². The maximum atomic E-state index is 12.4. The van der Waals surface area contributed by atoms with E-state index in [1.807, 2.05) is 21.5 Å². The Kier molecular flexibility index (Phi) is 4.59. The highest BCUT2D eigenvalue weighted by molar-refractivity contribution is 7.07. The van der Waals surface area contributed by atoms with Crippen LogP contribution in [0, 0.1) is 0 Å². The Morgan fingerprint density at radius 2 is 2.41 bits per heavy atom. The molecule has 118 valence electrons. The standard InChI is InChI=1S/C16H21N3O2S/c1-2-6-19-15(11-3-4-11)13(8-18-19)16(21)17-9-14(20)12-5-7-22-10-12/h5,7-8,10-11,14,20H,2-4,6,9H2,1H3,(H,17,21). The van der Waals surface area contributed by atoms with E-state index in [0.717, 1.165) is 37.1 Å². The lowest BCUT2D eigenvalue weighted by molar-refractivity contribution is 0.0915. The van der Waals surface area contributed by atoms with Gasteiger partial charge < -0.3 is 10.4 Å². The second kappa shape index (κ2) is 6.62. The third-order valence-corrected chi connectivity index (χ3v) is 4.61. The molecule has 0 radical (unpaired) electrons. The van der Waals surface area contributed by atoms with Crippen LogP contribution in [-0.4, -0.2) is 27.3 Å². The number of nitrogens with zero attached hydrogens (tertiary/aromatic N) is 2. The van der Waals surface area contributed by atoms with Crippen LogP contribution in [0.5, 0.6) is 0 Å². The van der Waals surface area contributed by atoms with Crippen molar-refractivity contribution in [3.63, 3.8) is 0 Å². The van der Waals surface area contributed by atoms with E-state index in [4.69, 9.17) is 0 Å².